The van der Waals surface area contributed by atoms with Gasteiger partial charge in [0.05, 0.1) is 12.8 Å². The fourth-order valence-corrected chi connectivity index (χ4v) is 3.40. The van der Waals surface area contributed by atoms with Crippen LogP contribution in [0.1, 0.15) is 24.0 Å². The zero-order valence-electron chi connectivity index (χ0n) is 16.5. The minimum atomic E-state index is -0.239. The number of rotatable bonds is 4. The molecule has 2 aromatic carbocycles. The van der Waals surface area contributed by atoms with Crippen LogP contribution in [0, 0.1) is 5.82 Å². The zero-order valence-corrected chi connectivity index (χ0v) is 18.2. The number of hydrogen-bond donors (Lipinski definition) is 0. The van der Waals surface area contributed by atoms with Crippen molar-refractivity contribution in [3.8, 4) is 16.9 Å². The van der Waals surface area contributed by atoms with E-state index < -0.39 is 0 Å². The fraction of sp³-hybridized carbons (Fsp3) is 0.167. The molecule has 0 N–H and O–H groups in total. The Hall–Kier alpha value is -2.69. The van der Waals surface area contributed by atoms with E-state index in [1.165, 1.54) is 0 Å². The molecule has 0 aliphatic carbocycles. The maximum Gasteiger partial charge on any atom is 0.131 e. The third kappa shape index (κ3) is 5.26. The number of hydrogen-bond acceptors (Lipinski definition) is 3. The number of methoxy groups -OCH3 is 1. The van der Waals surface area contributed by atoms with Crippen molar-refractivity contribution in [3.63, 3.8) is 0 Å². The first-order valence-corrected chi connectivity index (χ1v) is 9.34. The molecule has 1 aromatic heterocycles. The summed E-state index contributed by atoms with van der Waals surface area (Å²) in [7, 11) is 1.63. The standard InChI is InChI=1S/C24H21FN2O.2ClH/c1-28-22-10-8-17(9-11-22)18-6-7-19(23(25)15-18)14-20-4-3-13-27-24(20)21-5-2-12-26-16-21;;/h2,5-12,14-16H,3-4,13H2,1H3;2*1H/b20-14-;;. The Bertz CT molecular complexity index is 1030. The van der Waals surface area contributed by atoms with Gasteiger partial charge in [-0.05, 0) is 65.9 Å². The number of pyridine rings is 1. The zero-order chi connectivity index (χ0) is 19.3. The van der Waals surface area contributed by atoms with Gasteiger partial charge in [-0.25, -0.2) is 4.39 Å². The number of allylic oxidation sites excluding steroid dienone is 1. The molecule has 3 aromatic rings. The highest BCUT2D eigenvalue weighted by Gasteiger charge is 2.15. The summed E-state index contributed by atoms with van der Waals surface area (Å²) in [6, 6.07) is 16.9. The van der Waals surface area contributed by atoms with Gasteiger partial charge in [-0.15, -0.1) is 24.8 Å². The number of benzene rings is 2. The van der Waals surface area contributed by atoms with Crippen molar-refractivity contribution in [1.29, 1.82) is 0 Å². The van der Waals surface area contributed by atoms with Crippen molar-refractivity contribution in [2.75, 3.05) is 13.7 Å². The van der Waals surface area contributed by atoms with Crippen LogP contribution in [0.3, 0.4) is 0 Å². The Morgan fingerprint density at radius 2 is 1.73 bits per heavy atom. The van der Waals surface area contributed by atoms with Crippen LogP contribution in [0.15, 0.2) is 77.6 Å². The molecular weight excluding hydrogens is 422 g/mol. The molecule has 0 saturated heterocycles. The van der Waals surface area contributed by atoms with Crippen molar-refractivity contribution in [2.45, 2.75) is 12.8 Å². The van der Waals surface area contributed by atoms with E-state index in [1.54, 1.807) is 25.6 Å². The van der Waals surface area contributed by atoms with Gasteiger partial charge < -0.3 is 4.74 Å². The first kappa shape index (κ1) is 23.6. The molecule has 0 amide bonds. The van der Waals surface area contributed by atoms with Gasteiger partial charge in [0, 0.05) is 30.1 Å². The van der Waals surface area contributed by atoms with E-state index in [2.05, 4.69) is 9.98 Å². The predicted molar refractivity (Wildman–Crippen MR) is 126 cm³/mol. The Morgan fingerprint density at radius 1 is 0.967 bits per heavy atom. The lowest BCUT2D eigenvalue weighted by atomic mass is 9.94. The highest BCUT2D eigenvalue weighted by Crippen LogP contribution is 2.27. The van der Waals surface area contributed by atoms with Gasteiger partial charge in [0.15, 0.2) is 0 Å². The third-order valence-corrected chi connectivity index (χ3v) is 4.87. The van der Waals surface area contributed by atoms with Gasteiger partial charge in [-0.1, -0.05) is 24.3 Å². The molecule has 30 heavy (non-hydrogen) atoms. The molecule has 156 valence electrons. The first-order valence-electron chi connectivity index (χ1n) is 9.34. The topological polar surface area (TPSA) is 34.5 Å². The summed E-state index contributed by atoms with van der Waals surface area (Å²) < 4.78 is 20.0. The average Bonchev–Trinajstić information content (AvgIpc) is 2.76. The van der Waals surface area contributed by atoms with Crippen LogP contribution in [0.2, 0.25) is 0 Å². The van der Waals surface area contributed by atoms with Gasteiger partial charge in [0.2, 0.25) is 0 Å². The minimum absolute atomic E-state index is 0. The number of aromatic nitrogens is 1. The monoisotopic (exact) mass is 444 g/mol. The van der Waals surface area contributed by atoms with Crippen molar-refractivity contribution in [2.24, 2.45) is 4.99 Å². The average molecular weight is 445 g/mol. The van der Waals surface area contributed by atoms with Crippen LogP contribution in [0.25, 0.3) is 17.2 Å². The Kier molecular flexibility index (Phi) is 8.58. The molecule has 0 fully saturated rings. The Labute approximate surface area is 188 Å². The largest absolute Gasteiger partial charge is 0.497 e. The molecule has 2 heterocycles. The summed E-state index contributed by atoms with van der Waals surface area (Å²) in [5.41, 5.74) is 5.31. The van der Waals surface area contributed by atoms with Crippen molar-refractivity contribution in [3.05, 3.63) is 89.5 Å². The number of nitrogens with zero attached hydrogens (tertiary/aromatic N) is 2. The maximum atomic E-state index is 14.8. The molecule has 0 spiro atoms. The highest BCUT2D eigenvalue weighted by atomic mass is 35.5. The molecule has 3 nitrogen and oxygen atoms in total. The summed E-state index contributed by atoms with van der Waals surface area (Å²) in [6.07, 6.45) is 7.32. The summed E-state index contributed by atoms with van der Waals surface area (Å²) >= 11 is 0. The summed E-state index contributed by atoms with van der Waals surface area (Å²) in [6.45, 7) is 0.792. The van der Waals surface area contributed by atoms with E-state index in [1.807, 2.05) is 54.6 Å². The van der Waals surface area contributed by atoms with Crippen LogP contribution in [0.5, 0.6) is 5.75 Å². The second-order valence-electron chi connectivity index (χ2n) is 6.71. The molecule has 0 bridgehead atoms. The van der Waals surface area contributed by atoms with Gasteiger partial charge in [-0.3, -0.25) is 9.98 Å². The summed E-state index contributed by atoms with van der Waals surface area (Å²) in [5, 5.41) is 0. The molecule has 0 unspecified atom stereocenters. The second-order valence-corrected chi connectivity index (χ2v) is 6.71. The fourth-order valence-electron chi connectivity index (χ4n) is 3.40. The van der Waals surface area contributed by atoms with Crippen LogP contribution in [-0.4, -0.2) is 24.4 Å². The highest BCUT2D eigenvalue weighted by molar-refractivity contribution is 6.15. The number of halogens is 3. The van der Waals surface area contributed by atoms with Crippen molar-refractivity contribution >= 4 is 36.6 Å². The number of ether oxygens (including phenoxy) is 1. The molecule has 4 rings (SSSR count). The van der Waals surface area contributed by atoms with E-state index >= 15 is 0 Å². The van der Waals surface area contributed by atoms with E-state index in [0.29, 0.717) is 5.56 Å². The summed E-state index contributed by atoms with van der Waals surface area (Å²) in [5.74, 6) is 0.544. The first-order chi connectivity index (χ1) is 13.7. The molecular formula is C24H23Cl2FN2O. The van der Waals surface area contributed by atoms with E-state index in [4.69, 9.17) is 4.74 Å². The molecule has 1 aliphatic rings. The second kappa shape index (κ2) is 10.9. The lowest BCUT2D eigenvalue weighted by molar-refractivity contribution is 0.415. The molecule has 6 heteroatoms. The van der Waals surface area contributed by atoms with Crippen LogP contribution in [-0.2, 0) is 0 Å². The normalized spacial score (nSPS) is 14.3. The Balaban J connectivity index is 0.00000160. The van der Waals surface area contributed by atoms with Crippen molar-refractivity contribution < 1.29 is 9.13 Å². The van der Waals surface area contributed by atoms with Gasteiger partial charge in [0.1, 0.15) is 11.6 Å². The lowest BCUT2D eigenvalue weighted by Crippen LogP contribution is -2.12. The smallest absolute Gasteiger partial charge is 0.131 e. The molecule has 0 radical (unpaired) electrons. The third-order valence-electron chi connectivity index (χ3n) is 4.87. The van der Waals surface area contributed by atoms with Gasteiger partial charge >= 0.3 is 0 Å². The van der Waals surface area contributed by atoms with E-state index in [9.17, 15) is 4.39 Å². The number of aliphatic imine (C=N–C) groups is 1. The van der Waals surface area contributed by atoms with Crippen LogP contribution in [0.4, 0.5) is 4.39 Å². The molecule has 1 aliphatic heterocycles. The quantitative estimate of drug-likeness (QED) is 0.465. The lowest BCUT2D eigenvalue weighted by Gasteiger charge is -2.16. The van der Waals surface area contributed by atoms with Crippen LogP contribution >= 0.6 is 24.8 Å². The van der Waals surface area contributed by atoms with Crippen LogP contribution < -0.4 is 4.74 Å². The van der Waals surface area contributed by atoms with Crippen molar-refractivity contribution in [1.82, 2.24) is 4.98 Å². The molecule has 0 saturated carbocycles. The van der Waals surface area contributed by atoms with E-state index in [0.717, 1.165) is 53.1 Å². The van der Waals surface area contributed by atoms with Gasteiger partial charge in [-0.2, -0.15) is 0 Å². The van der Waals surface area contributed by atoms with Gasteiger partial charge in [0.25, 0.3) is 0 Å². The Morgan fingerprint density at radius 3 is 2.40 bits per heavy atom. The molecule has 0 atom stereocenters. The van der Waals surface area contributed by atoms with E-state index in [-0.39, 0.29) is 30.6 Å². The minimum Gasteiger partial charge on any atom is -0.497 e. The summed E-state index contributed by atoms with van der Waals surface area (Å²) in [4.78, 5) is 8.85. The maximum absolute atomic E-state index is 14.8. The predicted octanol–water partition coefficient (Wildman–Crippen LogP) is 6.41. The SMILES string of the molecule is COc1ccc(-c2ccc(/C=C3/CCCN=C3c3cccnc3)c(F)c2)cc1.Cl.Cl.